The van der Waals surface area contributed by atoms with Gasteiger partial charge in [0.2, 0.25) is 17.7 Å². The van der Waals surface area contributed by atoms with Crippen LogP contribution in [0.2, 0.25) is 0 Å². The van der Waals surface area contributed by atoms with Crippen LogP contribution >= 0.6 is 0 Å². The molecule has 0 aliphatic carbocycles. The summed E-state index contributed by atoms with van der Waals surface area (Å²) in [4.78, 5) is 64.1. The molecule has 0 spiro atoms. The number of terminal acetylenes is 1. The molecule has 0 fully saturated rings. The Kier molecular flexibility index (Phi) is 13.5. The molecule has 0 aliphatic heterocycles. The van der Waals surface area contributed by atoms with E-state index in [0.29, 0.717) is 5.56 Å². The smallest absolute Gasteiger partial charge is 0.408 e. The van der Waals surface area contributed by atoms with E-state index in [9.17, 15) is 29.1 Å². The number of esters is 1. The standard InChI is InChI=1S/C27H38N4O8/c1-6-18-10-8-9-11-19(18)23(24(35)29-15-14-22(34)38-7-2)31(16-17-32)25(36)20(12-13-21(28)33)30-26(37)39-27(3,4)5/h1,8-11,20,23,32H,7,12-17H2,2-5H3,(H2,28,33)(H,29,35)(H,30,37). The number of alkyl carbamates (subject to hydrolysis) is 1. The third-order valence-electron chi connectivity index (χ3n) is 5.20. The zero-order chi connectivity index (χ0) is 29.6. The van der Waals surface area contributed by atoms with Gasteiger partial charge in [0.25, 0.3) is 0 Å². The molecular formula is C27H38N4O8. The first-order chi connectivity index (χ1) is 18.3. The lowest BCUT2D eigenvalue weighted by molar-refractivity contribution is -0.144. The Morgan fingerprint density at radius 1 is 1.15 bits per heavy atom. The maximum Gasteiger partial charge on any atom is 0.408 e. The number of ether oxygens (including phenoxy) is 2. The van der Waals surface area contributed by atoms with Crippen LogP contribution in [0.4, 0.5) is 4.79 Å². The number of rotatable bonds is 14. The number of aliphatic hydroxyl groups is 1. The van der Waals surface area contributed by atoms with Gasteiger partial charge in [-0.15, -0.1) is 6.42 Å². The summed E-state index contributed by atoms with van der Waals surface area (Å²) in [5.74, 6) is -0.218. The van der Waals surface area contributed by atoms with Gasteiger partial charge in [-0.05, 0) is 45.7 Å². The molecule has 214 valence electrons. The minimum atomic E-state index is -1.35. The van der Waals surface area contributed by atoms with Crippen molar-refractivity contribution in [1.29, 1.82) is 0 Å². The van der Waals surface area contributed by atoms with E-state index >= 15 is 0 Å². The van der Waals surface area contributed by atoms with E-state index in [1.54, 1.807) is 52.0 Å². The maximum absolute atomic E-state index is 13.8. The molecule has 0 bridgehead atoms. The van der Waals surface area contributed by atoms with Crippen molar-refractivity contribution in [1.82, 2.24) is 15.5 Å². The lowest BCUT2D eigenvalue weighted by Gasteiger charge is -2.34. The van der Waals surface area contributed by atoms with Crippen LogP contribution in [-0.4, -0.2) is 77.7 Å². The van der Waals surface area contributed by atoms with E-state index in [0.717, 1.165) is 4.90 Å². The molecule has 0 radical (unpaired) electrons. The molecule has 5 N–H and O–H groups in total. The highest BCUT2D eigenvalue weighted by atomic mass is 16.6. The van der Waals surface area contributed by atoms with Gasteiger partial charge in [0.1, 0.15) is 17.7 Å². The number of aliphatic hydroxyl groups excluding tert-OH is 1. The van der Waals surface area contributed by atoms with Gasteiger partial charge in [0, 0.05) is 25.1 Å². The predicted octanol–water partition coefficient (Wildman–Crippen LogP) is 0.758. The van der Waals surface area contributed by atoms with Crippen molar-refractivity contribution in [2.45, 2.75) is 64.6 Å². The number of nitrogens with two attached hydrogens (primary N) is 1. The second kappa shape index (κ2) is 16.0. The fourth-order valence-corrected chi connectivity index (χ4v) is 3.60. The average Bonchev–Trinajstić information content (AvgIpc) is 2.85. The number of primary amides is 1. The van der Waals surface area contributed by atoms with Crippen molar-refractivity contribution >= 4 is 29.8 Å². The lowest BCUT2D eigenvalue weighted by atomic mass is 9.97. The van der Waals surface area contributed by atoms with Crippen LogP contribution < -0.4 is 16.4 Å². The van der Waals surface area contributed by atoms with Crippen LogP contribution in [0.3, 0.4) is 0 Å². The summed E-state index contributed by atoms with van der Waals surface area (Å²) in [6, 6.07) is 3.75. The minimum Gasteiger partial charge on any atom is -0.466 e. The van der Waals surface area contributed by atoms with E-state index in [1.165, 1.54) is 0 Å². The fraction of sp³-hybridized carbons (Fsp3) is 0.519. The molecule has 2 atom stereocenters. The molecule has 1 rings (SSSR count). The van der Waals surface area contributed by atoms with Gasteiger partial charge in [0.15, 0.2) is 0 Å². The van der Waals surface area contributed by atoms with Gasteiger partial charge in [-0.2, -0.15) is 0 Å². The number of hydrogen-bond acceptors (Lipinski definition) is 8. The number of nitrogens with zero attached hydrogens (tertiary/aromatic N) is 1. The van der Waals surface area contributed by atoms with Crippen LogP contribution in [0.15, 0.2) is 24.3 Å². The number of nitrogens with one attached hydrogen (secondary N) is 2. The molecular weight excluding hydrogens is 508 g/mol. The van der Waals surface area contributed by atoms with Crippen molar-refractivity contribution in [3.63, 3.8) is 0 Å². The zero-order valence-corrected chi connectivity index (χ0v) is 22.8. The topological polar surface area (TPSA) is 177 Å². The highest BCUT2D eigenvalue weighted by Gasteiger charge is 2.37. The van der Waals surface area contributed by atoms with Crippen LogP contribution in [0.25, 0.3) is 0 Å². The lowest BCUT2D eigenvalue weighted by Crippen LogP contribution is -2.54. The molecule has 0 aromatic heterocycles. The first-order valence-electron chi connectivity index (χ1n) is 12.5. The van der Waals surface area contributed by atoms with E-state index in [4.69, 9.17) is 21.6 Å². The van der Waals surface area contributed by atoms with E-state index in [2.05, 4.69) is 16.6 Å². The summed E-state index contributed by atoms with van der Waals surface area (Å²) >= 11 is 0. The number of amides is 4. The third kappa shape index (κ3) is 11.4. The second-order valence-corrected chi connectivity index (χ2v) is 9.44. The number of carbonyl (C=O) groups is 5. The van der Waals surface area contributed by atoms with Crippen LogP contribution in [0.1, 0.15) is 64.1 Å². The fourth-order valence-electron chi connectivity index (χ4n) is 3.60. The molecule has 12 heteroatoms. The monoisotopic (exact) mass is 546 g/mol. The van der Waals surface area contributed by atoms with Crippen LogP contribution in [-0.2, 0) is 28.7 Å². The van der Waals surface area contributed by atoms with Crippen molar-refractivity contribution in [3.05, 3.63) is 35.4 Å². The van der Waals surface area contributed by atoms with Crippen LogP contribution in [0, 0.1) is 12.3 Å². The van der Waals surface area contributed by atoms with Crippen molar-refractivity contribution in [2.75, 3.05) is 26.3 Å². The normalized spacial score (nSPS) is 12.3. The summed E-state index contributed by atoms with van der Waals surface area (Å²) in [7, 11) is 0. The highest BCUT2D eigenvalue weighted by molar-refractivity contribution is 5.93. The highest BCUT2D eigenvalue weighted by Crippen LogP contribution is 2.26. The van der Waals surface area contributed by atoms with Gasteiger partial charge in [0.05, 0.1) is 19.6 Å². The number of benzene rings is 1. The van der Waals surface area contributed by atoms with Crippen molar-refractivity contribution in [2.24, 2.45) is 5.73 Å². The quantitative estimate of drug-likeness (QED) is 0.195. The van der Waals surface area contributed by atoms with Gasteiger partial charge in [-0.25, -0.2) is 4.79 Å². The summed E-state index contributed by atoms with van der Waals surface area (Å²) in [5.41, 5.74) is 4.99. The largest absolute Gasteiger partial charge is 0.466 e. The van der Waals surface area contributed by atoms with Crippen molar-refractivity contribution in [3.8, 4) is 12.3 Å². The van der Waals surface area contributed by atoms with E-state index < -0.39 is 54.1 Å². The summed E-state index contributed by atoms with van der Waals surface area (Å²) < 4.78 is 10.1. The average molecular weight is 547 g/mol. The molecule has 39 heavy (non-hydrogen) atoms. The molecule has 0 aliphatic rings. The summed E-state index contributed by atoms with van der Waals surface area (Å²) in [6.45, 7) is 5.80. The molecule has 2 unspecified atom stereocenters. The summed E-state index contributed by atoms with van der Waals surface area (Å²) in [6.07, 6.45) is 4.18. The van der Waals surface area contributed by atoms with Crippen molar-refractivity contribution < 1.29 is 38.6 Å². The maximum atomic E-state index is 13.8. The molecule has 4 amide bonds. The van der Waals surface area contributed by atoms with Gasteiger partial charge >= 0.3 is 12.1 Å². The summed E-state index contributed by atoms with van der Waals surface area (Å²) in [5, 5.41) is 14.9. The van der Waals surface area contributed by atoms with Crippen LogP contribution in [0.5, 0.6) is 0 Å². The predicted molar refractivity (Wildman–Crippen MR) is 142 cm³/mol. The van der Waals surface area contributed by atoms with Gasteiger partial charge < -0.3 is 35.8 Å². The Bertz CT molecular complexity index is 1060. The number of hydrogen-bond donors (Lipinski definition) is 4. The Balaban J connectivity index is 3.46. The Morgan fingerprint density at radius 2 is 1.82 bits per heavy atom. The van der Waals surface area contributed by atoms with Gasteiger partial charge in [-0.1, -0.05) is 24.1 Å². The van der Waals surface area contributed by atoms with E-state index in [-0.39, 0.29) is 44.5 Å². The Morgan fingerprint density at radius 3 is 2.38 bits per heavy atom. The number of carbonyl (C=O) groups excluding carboxylic acids is 5. The first-order valence-corrected chi connectivity index (χ1v) is 12.5. The molecule has 0 saturated heterocycles. The Labute approximate surface area is 228 Å². The van der Waals surface area contributed by atoms with Gasteiger partial charge in [-0.3, -0.25) is 19.2 Å². The molecule has 0 saturated carbocycles. The SMILES string of the molecule is C#Cc1ccccc1C(C(=O)NCCC(=O)OCC)N(CCO)C(=O)C(CCC(N)=O)NC(=O)OC(C)(C)C. The molecule has 1 aromatic carbocycles. The molecule has 0 heterocycles. The van der Waals surface area contributed by atoms with E-state index in [1.807, 2.05) is 0 Å². The minimum absolute atomic E-state index is 0.0885. The third-order valence-corrected chi connectivity index (χ3v) is 5.20. The Hall–Kier alpha value is -4.11. The zero-order valence-electron chi connectivity index (χ0n) is 22.8. The molecule has 12 nitrogen and oxygen atoms in total. The molecule has 1 aromatic rings. The second-order valence-electron chi connectivity index (χ2n) is 9.44. The first kappa shape index (κ1) is 32.9.